The maximum absolute atomic E-state index is 2.80. The third-order valence-corrected chi connectivity index (χ3v) is 9.61. The van der Waals surface area contributed by atoms with Crippen LogP contribution in [0.2, 0.25) is 0 Å². The van der Waals surface area contributed by atoms with Crippen molar-refractivity contribution in [3.05, 3.63) is 12.2 Å². The Labute approximate surface area is 236 Å². The van der Waals surface area contributed by atoms with Crippen molar-refractivity contribution in [3.8, 4) is 0 Å². The second-order valence-corrected chi connectivity index (χ2v) is 13.3. The fourth-order valence-corrected chi connectivity index (χ4v) is 7.14. The molecule has 0 bridgehead atoms. The van der Waals surface area contributed by atoms with E-state index in [1.54, 1.807) is 0 Å². The Kier molecular flexibility index (Phi) is 22.2. The average molecular weight is 517 g/mol. The Bertz CT molecular complexity index is 424. The van der Waals surface area contributed by atoms with Gasteiger partial charge >= 0.3 is 0 Å². The summed E-state index contributed by atoms with van der Waals surface area (Å²) in [6.45, 7) is 9.36. The third kappa shape index (κ3) is 17.1. The molecule has 0 nitrogen and oxygen atoms in total. The second-order valence-electron chi connectivity index (χ2n) is 13.3. The maximum atomic E-state index is 2.80. The second kappa shape index (κ2) is 23.6. The smallest absolute Gasteiger partial charge is 0.0110 e. The first-order valence-corrected chi connectivity index (χ1v) is 17.9. The van der Waals surface area contributed by atoms with Gasteiger partial charge in [0.2, 0.25) is 0 Å². The van der Waals surface area contributed by atoms with Crippen LogP contribution in [0.3, 0.4) is 0 Å². The van der Waals surface area contributed by atoms with Gasteiger partial charge in [-0.25, -0.2) is 0 Å². The molecule has 0 fully saturated rings. The van der Waals surface area contributed by atoms with E-state index < -0.39 is 0 Å². The van der Waals surface area contributed by atoms with Crippen molar-refractivity contribution in [1.29, 1.82) is 0 Å². The van der Waals surface area contributed by atoms with E-state index in [9.17, 15) is 0 Å². The lowest BCUT2D eigenvalue weighted by Crippen LogP contribution is -2.24. The van der Waals surface area contributed by atoms with E-state index >= 15 is 0 Å². The molecule has 0 aromatic carbocycles. The van der Waals surface area contributed by atoms with Gasteiger partial charge in [-0.2, -0.15) is 0 Å². The molecule has 37 heavy (non-hydrogen) atoms. The van der Waals surface area contributed by atoms with Gasteiger partial charge in [0.05, 0.1) is 0 Å². The molecule has 0 heterocycles. The van der Waals surface area contributed by atoms with E-state index in [0.717, 1.165) is 0 Å². The lowest BCUT2D eigenvalue weighted by atomic mass is 9.69. The van der Waals surface area contributed by atoms with Crippen LogP contribution in [-0.4, -0.2) is 0 Å². The van der Waals surface area contributed by atoms with Gasteiger partial charge in [-0.3, -0.25) is 0 Å². The van der Waals surface area contributed by atoms with Crippen LogP contribution in [0.5, 0.6) is 0 Å². The lowest BCUT2D eigenvalue weighted by molar-refractivity contribution is 0.183. The topological polar surface area (TPSA) is 0 Å². The van der Waals surface area contributed by atoms with Crippen molar-refractivity contribution >= 4 is 0 Å². The maximum Gasteiger partial charge on any atom is -0.0110 e. The van der Waals surface area contributed by atoms with Crippen molar-refractivity contribution in [2.75, 3.05) is 0 Å². The SMILES string of the molecule is CCCCCCCCC1(CCCCCCCC)C=CC(CCCCCCCC)(CCCCCCCC)C1. The monoisotopic (exact) mass is 517 g/mol. The zero-order valence-electron chi connectivity index (χ0n) is 26.7. The minimum atomic E-state index is 0.528. The van der Waals surface area contributed by atoms with Crippen molar-refractivity contribution in [2.45, 2.75) is 214 Å². The predicted molar refractivity (Wildman–Crippen MR) is 171 cm³/mol. The molecule has 0 aliphatic heterocycles. The van der Waals surface area contributed by atoms with Crippen molar-refractivity contribution < 1.29 is 0 Å². The Morgan fingerprint density at radius 1 is 0.324 bits per heavy atom. The quantitative estimate of drug-likeness (QED) is 0.0716. The van der Waals surface area contributed by atoms with Gasteiger partial charge in [-0.15, -0.1) is 0 Å². The minimum Gasteiger partial charge on any atom is -0.0817 e. The summed E-state index contributed by atoms with van der Waals surface area (Å²) in [7, 11) is 0. The highest BCUT2D eigenvalue weighted by Gasteiger charge is 2.42. The third-order valence-electron chi connectivity index (χ3n) is 9.61. The first kappa shape index (κ1) is 34.8. The number of unbranched alkanes of at least 4 members (excludes halogenated alkanes) is 20. The molecule has 0 aromatic rings. The van der Waals surface area contributed by atoms with E-state index in [1.807, 2.05) is 0 Å². The molecule has 0 radical (unpaired) electrons. The predicted octanol–water partition coefficient (Wildman–Crippen LogP) is 13.9. The van der Waals surface area contributed by atoms with Gasteiger partial charge < -0.3 is 0 Å². The fourth-order valence-electron chi connectivity index (χ4n) is 7.14. The largest absolute Gasteiger partial charge is 0.0817 e. The molecular formula is C37H72. The molecule has 0 aromatic heterocycles. The number of allylic oxidation sites excluding steroid dienone is 2. The lowest BCUT2D eigenvalue weighted by Gasteiger charge is -2.36. The van der Waals surface area contributed by atoms with Crippen molar-refractivity contribution in [2.24, 2.45) is 10.8 Å². The summed E-state index contributed by atoms with van der Waals surface area (Å²) in [6.07, 6.45) is 47.6. The van der Waals surface area contributed by atoms with E-state index in [2.05, 4.69) is 39.8 Å². The highest BCUT2D eigenvalue weighted by atomic mass is 14.5. The molecule has 0 N–H and O–H groups in total. The van der Waals surface area contributed by atoms with Gasteiger partial charge in [0.15, 0.2) is 0 Å². The summed E-state index contributed by atoms with van der Waals surface area (Å²) in [5.41, 5.74) is 1.06. The highest BCUT2D eigenvalue weighted by Crippen LogP contribution is 2.54. The molecule has 1 aliphatic rings. The molecule has 1 aliphatic carbocycles. The van der Waals surface area contributed by atoms with Gasteiger partial charge in [0.1, 0.15) is 0 Å². The van der Waals surface area contributed by atoms with Crippen molar-refractivity contribution in [3.63, 3.8) is 0 Å². The van der Waals surface area contributed by atoms with Crippen molar-refractivity contribution in [1.82, 2.24) is 0 Å². The van der Waals surface area contributed by atoms with Gasteiger partial charge in [0.25, 0.3) is 0 Å². The minimum absolute atomic E-state index is 0.528. The number of rotatable bonds is 28. The molecule has 0 unspecified atom stereocenters. The van der Waals surface area contributed by atoms with Gasteiger partial charge in [0, 0.05) is 0 Å². The number of hydrogen-bond acceptors (Lipinski definition) is 0. The summed E-state index contributed by atoms with van der Waals surface area (Å²) in [4.78, 5) is 0. The standard InChI is InChI=1S/C37H72/c1-5-9-13-17-21-25-29-36(30-26-22-18-14-10-6-2)33-34-37(35-36,31-27-23-19-15-11-7-3)32-28-24-20-16-12-8-4/h33-34H,5-32,35H2,1-4H3. The Morgan fingerprint density at radius 3 is 0.784 bits per heavy atom. The Balaban J connectivity index is 2.71. The van der Waals surface area contributed by atoms with Crippen LogP contribution in [0.15, 0.2) is 12.2 Å². The molecule has 0 amide bonds. The molecular weight excluding hydrogens is 444 g/mol. The molecule has 0 saturated carbocycles. The summed E-state index contributed by atoms with van der Waals surface area (Å²) in [6, 6.07) is 0. The van der Waals surface area contributed by atoms with Crippen LogP contribution in [0, 0.1) is 10.8 Å². The highest BCUT2D eigenvalue weighted by molar-refractivity contribution is 5.17. The van der Waals surface area contributed by atoms with Crippen LogP contribution in [0.4, 0.5) is 0 Å². The van der Waals surface area contributed by atoms with E-state index in [4.69, 9.17) is 0 Å². The van der Waals surface area contributed by atoms with Gasteiger partial charge in [-0.05, 0) is 42.9 Å². The van der Waals surface area contributed by atoms with E-state index in [1.165, 1.54) is 186 Å². The van der Waals surface area contributed by atoms with Crippen LogP contribution in [0.25, 0.3) is 0 Å². The molecule has 0 heteroatoms. The Morgan fingerprint density at radius 2 is 0.541 bits per heavy atom. The van der Waals surface area contributed by atoms with E-state index in [0.29, 0.717) is 10.8 Å². The van der Waals surface area contributed by atoms with E-state index in [-0.39, 0.29) is 0 Å². The molecule has 0 atom stereocenters. The first-order valence-electron chi connectivity index (χ1n) is 17.9. The van der Waals surface area contributed by atoms with Crippen LogP contribution in [-0.2, 0) is 0 Å². The Hall–Kier alpha value is -0.260. The van der Waals surface area contributed by atoms with Gasteiger partial charge in [-0.1, -0.05) is 194 Å². The molecule has 1 rings (SSSR count). The molecule has 0 saturated heterocycles. The summed E-state index contributed by atoms with van der Waals surface area (Å²) in [5, 5.41) is 0. The summed E-state index contributed by atoms with van der Waals surface area (Å²) < 4.78 is 0. The normalized spacial score (nSPS) is 16.1. The summed E-state index contributed by atoms with van der Waals surface area (Å²) >= 11 is 0. The van der Waals surface area contributed by atoms with Crippen LogP contribution < -0.4 is 0 Å². The zero-order chi connectivity index (χ0) is 26.9. The first-order chi connectivity index (χ1) is 18.2. The average Bonchev–Trinajstić information content (AvgIpc) is 3.26. The molecule has 220 valence electrons. The number of hydrogen-bond donors (Lipinski definition) is 0. The molecule has 0 spiro atoms. The fraction of sp³-hybridized carbons (Fsp3) is 0.946. The van der Waals surface area contributed by atoms with Crippen LogP contribution in [0.1, 0.15) is 214 Å². The zero-order valence-corrected chi connectivity index (χ0v) is 26.7. The van der Waals surface area contributed by atoms with Crippen LogP contribution >= 0.6 is 0 Å². The summed E-state index contributed by atoms with van der Waals surface area (Å²) in [5.74, 6) is 0.